The summed E-state index contributed by atoms with van der Waals surface area (Å²) >= 11 is 6.00. The Bertz CT molecular complexity index is 630. The summed E-state index contributed by atoms with van der Waals surface area (Å²) in [5.74, 6) is 0.878. The summed E-state index contributed by atoms with van der Waals surface area (Å²) in [5, 5.41) is 15.6. The molecule has 1 aliphatic rings. The van der Waals surface area contributed by atoms with Gasteiger partial charge in [0.05, 0.1) is 18.9 Å². The summed E-state index contributed by atoms with van der Waals surface area (Å²) in [5.41, 5.74) is 0.962. The summed E-state index contributed by atoms with van der Waals surface area (Å²) in [4.78, 5) is 11.2. The van der Waals surface area contributed by atoms with Gasteiger partial charge in [-0.15, -0.1) is 0 Å². The molecule has 1 saturated heterocycles. The first kappa shape index (κ1) is 22.1. The van der Waals surface area contributed by atoms with E-state index in [1.54, 1.807) is 0 Å². The van der Waals surface area contributed by atoms with Gasteiger partial charge in [0, 0.05) is 50.6 Å². The smallest absolute Gasteiger partial charge is 0.148 e. The van der Waals surface area contributed by atoms with E-state index in [2.05, 4.69) is 15.3 Å². The molecule has 26 heavy (non-hydrogen) atoms. The number of rotatable bonds is 5. The highest BCUT2D eigenvalue weighted by molar-refractivity contribution is 6.30. The fourth-order valence-electron chi connectivity index (χ4n) is 2.35. The monoisotopic (exact) mass is 382 g/mol. The van der Waals surface area contributed by atoms with E-state index >= 15 is 0 Å². The summed E-state index contributed by atoms with van der Waals surface area (Å²) in [6, 6.07) is 9.63. The molecule has 8 heteroatoms. The van der Waals surface area contributed by atoms with Gasteiger partial charge in [0.25, 0.3) is 0 Å². The van der Waals surface area contributed by atoms with Gasteiger partial charge in [-0.3, -0.25) is 4.90 Å². The van der Waals surface area contributed by atoms with Gasteiger partial charge >= 0.3 is 0 Å². The number of ether oxygens (including phenoxy) is 1. The lowest BCUT2D eigenvalue weighted by Crippen LogP contribution is -2.39. The quantitative estimate of drug-likeness (QED) is 0.771. The van der Waals surface area contributed by atoms with Crippen LogP contribution < -0.4 is 5.32 Å². The number of morpholine rings is 1. The van der Waals surface area contributed by atoms with Gasteiger partial charge < -0.3 is 20.0 Å². The zero-order chi connectivity index (χ0) is 19.2. The predicted octanol–water partition coefficient (Wildman–Crippen LogP) is 2.08. The van der Waals surface area contributed by atoms with Crippen molar-refractivity contribution < 1.29 is 14.6 Å². The lowest BCUT2D eigenvalue weighted by Gasteiger charge is -2.26. The second-order valence-electron chi connectivity index (χ2n) is 5.24. The maximum atomic E-state index is 8.81. The zero-order valence-corrected chi connectivity index (χ0v) is 16.0. The molecule has 1 fully saturated rings. The Morgan fingerprint density at radius 2 is 2.00 bits per heavy atom. The van der Waals surface area contributed by atoms with Crippen LogP contribution in [0.15, 0.2) is 36.5 Å². The van der Waals surface area contributed by atoms with Crippen LogP contribution in [0.25, 0.3) is 5.69 Å². The normalized spacial score (nSPS) is 13.7. The number of nitrogens with zero attached hydrogens (tertiary/aromatic N) is 3. The molecular formula is C18H27ClN4O3. The average molecular weight is 383 g/mol. The van der Waals surface area contributed by atoms with Crippen molar-refractivity contribution in [2.24, 2.45) is 0 Å². The minimum atomic E-state index is 0.713. The first-order chi connectivity index (χ1) is 12.7. The van der Waals surface area contributed by atoms with Crippen molar-refractivity contribution in [3.8, 4) is 5.69 Å². The Hall–Kier alpha value is -1.93. The van der Waals surface area contributed by atoms with Crippen molar-refractivity contribution in [1.29, 1.82) is 0 Å². The van der Waals surface area contributed by atoms with Gasteiger partial charge in [0.2, 0.25) is 0 Å². The maximum absolute atomic E-state index is 8.81. The molecule has 2 aromatic rings. The van der Waals surface area contributed by atoms with E-state index in [1.807, 2.05) is 41.2 Å². The second-order valence-corrected chi connectivity index (χ2v) is 5.68. The fraction of sp³-hybridized carbons (Fsp3) is 0.444. The van der Waals surface area contributed by atoms with Crippen molar-refractivity contribution in [3.63, 3.8) is 0 Å². The lowest BCUT2D eigenvalue weighted by molar-refractivity contribution is -0.106. The minimum Gasteiger partial charge on any atom is -0.400 e. The zero-order valence-electron chi connectivity index (χ0n) is 15.3. The summed E-state index contributed by atoms with van der Waals surface area (Å²) in [6.45, 7) is 7.03. The lowest BCUT2D eigenvalue weighted by atomic mass is 10.3. The molecule has 2 N–H and O–H groups in total. The molecule has 0 bridgehead atoms. The molecule has 7 nitrogen and oxygen atoms in total. The van der Waals surface area contributed by atoms with Crippen molar-refractivity contribution in [2.45, 2.75) is 6.92 Å². The van der Waals surface area contributed by atoms with Gasteiger partial charge in [-0.1, -0.05) is 17.7 Å². The first-order valence-electron chi connectivity index (χ1n) is 8.43. The van der Waals surface area contributed by atoms with Gasteiger partial charge in [-0.25, -0.2) is 4.68 Å². The van der Waals surface area contributed by atoms with Crippen molar-refractivity contribution in [2.75, 3.05) is 51.8 Å². The third kappa shape index (κ3) is 7.97. The van der Waals surface area contributed by atoms with Crippen LogP contribution in [0.3, 0.4) is 0 Å². The van der Waals surface area contributed by atoms with Crippen LogP contribution in [-0.4, -0.2) is 72.6 Å². The Morgan fingerprint density at radius 3 is 2.65 bits per heavy atom. The number of hydrogen-bond acceptors (Lipinski definition) is 6. The van der Waals surface area contributed by atoms with Crippen LogP contribution in [0.4, 0.5) is 5.82 Å². The number of carbonyl (C=O) groups is 1. The standard InChI is InChI=1S/C15H19ClN4O.C2H4O.CH4O/c16-13-2-1-3-14(12-13)20-6-4-15(18-20)17-5-7-19-8-10-21-11-9-19;1-2-3;1-2/h1-4,6,12H,5,7-11H2,(H,17,18);2H,1H3;2H,1H3. The highest BCUT2D eigenvalue weighted by atomic mass is 35.5. The van der Waals surface area contributed by atoms with E-state index in [-0.39, 0.29) is 0 Å². The van der Waals surface area contributed by atoms with Crippen LogP contribution in [0.5, 0.6) is 0 Å². The van der Waals surface area contributed by atoms with E-state index in [1.165, 1.54) is 6.92 Å². The Balaban J connectivity index is 0.000000615. The highest BCUT2D eigenvalue weighted by Crippen LogP contribution is 2.15. The SMILES string of the molecule is CC=O.CO.Clc1cccc(-n2ccc(NCCN3CCOCC3)n2)c1. The number of aldehydes is 1. The number of halogens is 1. The number of aliphatic hydroxyl groups is 1. The summed E-state index contributed by atoms with van der Waals surface area (Å²) < 4.78 is 7.16. The second kappa shape index (κ2) is 13.3. The summed E-state index contributed by atoms with van der Waals surface area (Å²) in [6.07, 6.45) is 2.68. The number of hydrogen-bond donors (Lipinski definition) is 2. The molecule has 1 aromatic heterocycles. The number of carbonyl (C=O) groups excluding carboxylic acids is 1. The Kier molecular flexibility index (Phi) is 11.3. The molecule has 0 aliphatic carbocycles. The molecule has 0 spiro atoms. The molecule has 3 rings (SSSR count). The van der Waals surface area contributed by atoms with Crippen LogP contribution in [-0.2, 0) is 9.53 Å². The van der Waals surface area contributed by atoms with Crippen molar-refractivity contribution in [3.05, 3.63) is 41.6 Å². The minimum absolute atomic E-state index is 0.713. The average Bonchev–Trinajstić information content (AvgIpc) is 3.14. The number of anilines is 1. The molecule has 0 amide bonds. The van der Waals surface area contributed by atoms with Gasteiger partial charge in [0.15, 0.2) is 0 Å². The van der Waals surface area contributed by atoms with Crippen LogP contribution in [0.2, 0.25) is 5.02 Å². The van der Waals surface area contributed by atoms with E-state index < -0.39 is 0 Å². The van der Waals surface area contributed by atoms with Crippen LogP contribution >= 0.6 is 11.6 Å². The Labute approximate surface area is 159 Å². The van der Waals surface area contributed by atoms with E-state index in [9.17, 15) is 0 Å². The molecule has 0 radical (unpaired) electrons. The van der Waals surface area contributed by atoms with Crippen molar-refractivity contribution >= 4 is 23.7 Å². The number of aromatic nitrogens is 2. The molecule has 1 aromatic carbocycles. The van der Waals surface area contributed by atoms with Gasteiger partial charge in [0.1, 0.15) is 12.1 Å². The molecule has 1 aliphatic heterocycles. The maximum Gasteiger partial charge on any atom is 0.148 e. The first-order valence-corrected chi connectivity index (χ1v) is 8.81. The molecule has 0 atom stereocenters. The predicted molar refractivity (Wildman–Crippen MR) is 104 cm³/mol. The van der Waals surface area contributed by atoms with E-state index in [0.717, 1.165) is 64.3 Å². The number of benzene rings is 1. The van der Waals surface area contributed by atoms with Gasteiger partial charge in [-0.05, 0) is 25.1 Å². The molecule has 0 unspecified atom stereocenters. The van der Waals surface area contributed by atoms with E-state index in [0.29, 0.717) is 5.02 Å². The van der Waals surface area contributed by atoms with Gasteiger partial charge in [-0.2, -0.15) is 5.10 Å². The third-order valence-electron chi connectivity index (χ3n) is 3.50. The van der Waals surface area contributed by atoms with Crippen LogP contribution in [0.1, 0.15) is 6.92 Å². The topological polar surface area (TPSA) is 79.6 Å². The van der Waals surface area contributed by atoms with E-state index in [4.69, 9.17) is 26.2 Å². The Morgan fingerprint density at radius 1 is 1.31 bits per heavy atom. The highest BCUT2D eigenvalue weighted by Gasteiger charge is 2.09. The largest absolute Gasteiger partial charge is 0.400 e. The molecule has 144 valence electrons. The molecule has 0 saturated carbocycles. The van der Waals surface area contributed by atoms with Crippen LogP contribution in [0, 0.1) is 0 Å². The third-order valence-corrected chi connectivity index (χ3v) is 3.73. The number of aliphatic hydroxyl groups excluding tert-OH is 1. The summed E-state index contributed by atoms with van der Waals surface area (Å²) in [7, 11) is 1.00. The van der Waals surface area contributed by atoms with Crippen molar-refractivity contribution in [1.82, 2.24) is 14.7 Å². The molecular weight excluding hydrogens is 356 g/mol. The number of nitrogens with one attached hydrogen (secondary N) is 1. The molecule has 2 heterocycles. The fourth-order valence-corrected chi connectivity index (χ4v) is 2.53.